The second kappa shape index (κ2) is 5.87. The molecule has 0 bridgehead atoms. The Morgan fingerprint density at radius 2 is 2.14 bits per heavy atom. The minimum absolute atomic E-state index is 0.00208. The molecule has 0 radical (unpaired) electrons. The first-order chi connectivity index (χ1) is 10.2. The number of hydrogen-bond acceptors (Lipinski definition) is 4. The highest BCUT2D eigenvalue weighted by molar-refractivity contribution is 5.95. The fourth-order valence-electron chi connectivity index (χ4n) is 3.20. The molecule has 1 saturated carbocycles. The molecule has 1 aromatic carbocycles. The number of para-hydroxylation sites is 1. The van der Waals surface area contributed by atoms with E-state index in [-0.39, 0.29) is 24.3 Å². The molecule has 1 aliphatic rings. The lowest BCUT2D eigenvalue weighted by Crippen LogP contribution is -2.33. The first kappa shape index (κ1) is 14.1. The number of carboxylic acid groups (broad SMARTS) is 1. The summed E-state index contributed by atoms with van der Waals surface area (Å²) < 4.78 is 5.44. The van der Waals surface area contributed by atoms with Crippen molar-refractivity contribution < 1.29 is 19.4 Å². The van der Waals surface area contributed by atoms with E-state index in [4.69, 9.17) is 4.42 Å². The van der Waals surface area contributed by atoms with Gasteiger partial charge in [0, 0.05) is 30.1 Å². The Kier molecular flexibility index (Phi) is 3.94. The van der Waals surface area contributed by atoms with Crippen LogP contribution in [0.15, 0.2) is 28.7 Å². The number of carbonyl (C=O) groups is 1. The van der Waals surface area contributed by atoms with Gasteiger partial charge in [-0.15, -0.1) is 0 Å². The fraction of sp³-hybridized carbons (Fsp3) is 0.438. The zero-order valence-corrected chi connectivity index (χ0v) is 11.7. The predicted octanol–water partition coefficient (Wildman–Crippen LogP) is 2.38. The Morgan fingerprint density at radius 3 is 2.90 bits per heavy atom. The smallest absolute Gasteiger partial charge is 0.372 e. The number of hydrogen-bond donors (Lipinski definition) is 3. The van der Waals surface area contributed by atoms with Gasteiger partial charge in [-0.05, 0) is 24.8 Å². The molecule has 3 rings (SSSR count). The van der Waals surface area contributed by atoms with E-state index < -0.39 is 5.97 Å². The Labute approximate surface area is 122 Å². The molecule has 1 aromatic heterocycles. The van der Waals surface area contributed by atoms with Gasteiger partial charge in [0.15, 0.2) is 0 Å². The fourth-order valence-corrected chi connectivity index (χ4v) is 3.20. The molecular formula is C16H19NO4. The number of fused-ring (bicyclic) bond motifs is 1. The third kappa shape index (κ3) is 2.66. The maximum absolute atomic E-state index is 11.3. The number of nitrogens with one attached hydrogen (secondary N) is 1. The number of carboxylic acids is 1. The Bertz CT molecular complexity index is 649. The van der Waals surface area contributed by atoms with E-state index >= 15 is 0 Å². The second-order valence-corrected chi connectivity index (χ2v) is 5.57. The van der Waals surface area contributed by atoms with E-state index in [1.165, 1.54) is 0 Å². The van der Waals surface area contributed by atoms with E-state index in [0.717, 1.165) is 24.6 Å². The summed E-state index contributed by atoms with van der Waals surface area (Å²) >= 11 is 0. The van der Waals surface area contributed by atoms with Crippen molar-refractivity contribution in [3.05, 3.63) is 35.6 Å². The molecule has 0 saturated heterocycles. The Balaban J connectivity index is 1.85. The maximum atomic E-state index is 11.3. The third-order valence-electron chi connectivity index (χ3n) is 4.33. The van der Waals surface area contributed by atoms with E-state index in [1.807, 2.05) is 18.2 Å². The van der Waals surface area contributed by atoms with Crippen molar-refractivity contribution in [2.75, 3.05) is 6.61 Å². The van der Waals surface area contributed by atoms with Crippen LogP contribution in [0.3, 0.4) is 0 Å². The predicted molar refractivity (Wildman–Crippen MR) is 78.2 cm³/mol. The minimum Gasteiger partial charge on any atom is -0.475 e. The van der Waals surface area contributed by atoms with Crippen LogP contribution in [0.5, 0.6) is 0 Å². The summed E-state index contributed by atoms with van der Waals surface area (Å²) in [7, 11) is 0. The van der Waals surface area contributed by atoms with Gasteiger partial charge in [0.05, 0.1) is 0 Å². The van der Waals surface area contributed by atoms with Crippen LogP contribution < -0.4 is 5.32 Å². The lowest BCUT2D eigenvalue weighted by molar-refractivity contribution is 0.0663. The summed E-state index contributed by atoms with van der Waals surface area (Å²) in [6, 6.07) is 7.59. The average Bonchev–Trinajstić information content (AvgIpc) is 3.08. The van der Waals surface area contributed by atoms with Gasteiger partial charge < -0.3 is 19.9 Å². The molecular weight excluding hydrogens is 270 g/mol. The van der Waals surface area contributed by atoms with Gasteiger partial charge in [0.2, 0.25) is 5.76 Å². The highest BCUT2D eigenvalue weighted by atomic mass is 16.4. The maximum Gasteiger partial charge on any atom is 0.372 e. The zero-order valence-electron chi connectivity index (χ0n) is 11.7. The van der Waals surface area contributed by atoms with Gasteiger partial charge in [-0.25, -0.2) is 4.79 Å². The van der Waals surface area contributed by atoms with Crippen molar-refractivity contribution in [2.24, 2.45) is 5.92 Å². The molecule has 5 nitrogen and oxygen atoms in total. The van der Waals surface area contributed by atoms with E-state index in [0.29, 0.717) is 17.7 Å². The first-order valence-corrected chi connectivity index (χ1v) is 7.28. The number of benzene rings is 1. The number of aliphatic hydroxyl groups is 1. The van der Waals surface area contributed by atoms with Gasteiger partial charge in [0.25, 0.3) is 0 Å². The standard InChI is InChI=1S/C16H19NO4/c18-9-10-4-3-6-13(10)17-8-12-11-5-1-2-7-14(11)21-15(12)16(19)20/h1-2,5,7,10,13,17-18H,3-4,6,8-9H2,(H,19,20). The van der Waals surface area contributed by atoms with Gasteiger partial charge in [-0.2, -0.15) is 0 Å². The first-order valence-electron chi connectivity index (χ1n) is 7.28. The number of furan rings is 1. The summed E-state index contributed by atoms with van der Waals surface area (Å²) in [5.41, 5.74) is 1.28. The summed E-state index contributed by atoms with van der Waals surface area (Å²) in [6.45, 7) is 0.620. The molecule has 3 N–H and O–H groups in total. The van der Waals surface area contributed by atoms with Crippen molar-refractivity contribution in [3.8, 4) is 0 Å². The van der Waals surface area contributed by atoms with E-state index in [2.05, 4.69) is 5.32 Å². The van der Waals surface area contributed by atoms with Gasteiger partial charge in [-0.3, -0.25) is 0 Å². The average molecular weight is 289 g/mol. The van der Waals surface area contributed by atoms with Crippen molar-refractivity contribution in [1.82, 2.24) is 5.32 Å². The van der Waals surface area contributed by atoms with Crippen LogP contribution in [0.1, 0.15) is 35.4 Å². The molecule has 1 heterocycles. The van der Waals surface area contributed by atoms with E-state index in [1.54, 1.807) is 6.07 Å². The molecule has 0 spiro atoms. The van der Waals surface area contributed by atoms with Crippen LogP contribution in [-0.2, 0) is 6.54 Å². The highest BCUT2D eigenvalue weighted by Gasteiger charge is 2.27. The Hall–Kier alpha value is -1.85. The van der Waals surface area contributed by atoms with Crippen molar-refractivity contribution in [1.29, 1.82) is 0 Å². The highest BCUT2D eigenvalue weighted by Crippen LogP contribution is 2.28. The lowest BCUT2D eigenvalue weighted by atomic mass is 10.0. The molecule has 1 aliphatic carbocycles. The molecule has 2 unspecified atom stereocenters. The molecule has 5 heteroatoms. The number of aromatic carboxylic acids is 1. The molecule has 0 amide bonds. The van der Waals surface area contributed by atoms with Crippen LogP contribution in [0.25, 0.3) is 11.0 Å². The molecule has 112 valence electrons. The SMILES string of the molecule is O=C(O)c1oc2ccccc2c1CNC1CCCC1CO. The van der Waals surface area contributed by atoms with Crippen molar-refractivity contribution >= 4 is 16.9 Å². The van der Waals surface area contributed by atoms with E-state index in [9.17, 15) is 15.0 Å². The van der Waals surface area contributed by atoms with Crippen LogP contribution in [0, 0.1) is 5.92 Å². The normalized spacial score (nSPS) is 22.0. The largest absolute Gasteiger partial charge is 0.475 e. The lowest BCUT2D eigenvalue weighted by Gasteiger charge is -2.18. The van der Waals surface area contributed by atoms with Gasteiger partial charge in [0.1, 0.15) is 5.58 Å². The Morgan fingerprint density at radius 1 is 1.33 bits per heavy atom. The summed E-state index contributed by atoms with van der Waals surface area (Å²) in [6.07, 6.45) is 3.14. The van der Waals surface area contributed by atoms with Crippen molar-refractivity contribution in [3.63, 3.8) is 0 Å². The number of aliphatic hydroxyl groups excluding tert-OH is 1. The monoisotopic (exact) mass is 289 g/mol. The minimum atomic E-state index is -1.05. The summed E-state index contributed by atoms with van der Waals surface area (Å²) in [5.74, 6) is -0.785. The molecule has 1 fully saturated rings. The molecule has 21 heavy (non-hydrogen) atoms. The molecule has 2 aromatic rings. The summed E-state index contributed by atoms with van der Waals surface area (Å²) in [4.78, 5) is 11.3. The third-order valence-corrected chi connectivity index (χ3v) is 4.33. The van der Waals surface area contributed by atoms with Crippen molar-refractivity contribution in [2.45, 2.75) is 31.8 Å². The van der Waals surface area contributed by atoms with Gasteiger partial charge >= 0.3 is 5.97 Å². The molecule has 2 atom stereocenters. The topological polar surface area (TPSA) is 82.7 Å². The van der Waals surface area contributed by atoms with Crippen LogP contribution >= 0.6 is 0 Å². The van der Waals surface area contributed by atoms with Crippen LogP contribution in [0.4, 0.5) is 0 Å². The molecule has 0 aliphatic heterocycles. The van der Waals surface area contributed by atoms with Gasteiger partial charge in [-0.1, -0.05) is 24.6 Å². The number of rotatable bonds is 5. The quantitative estimate of drug-likeness (QED) is 0.787. The van der Waals surface area contributed by atoms with Crippen LogP contribution in [-0.4, -0.2) is 28.8 Å². The second-order valence-electron chi connectivity index (χ2n) is 5.57. The summed E-state index contributed by atoms with van der Waals surface area (Å²) in [5, 5.41) is 22.9. The van der Waals surface area contributed by atoms with Crippen LogP contribution in [0.2, 0.25) is 0 Å². The zero-order chi connectivity index (χ0) is 14.8.